The summed E-state index contributed by atoms with van der Waals surface area (Å²) < 4.78 is 0. The van der Waals surface area contributed by atoms with Gasteiger partial charge in [-0.3, -0.25) is 9.59 Å². The van der Waals surface area contributed by atoms with Crippen LogP contribution in [0.15, 0.2) is 11.6 Å². The van der Waals surface area contributed by atoms with Gasteiger partial charge in [0.15, 0.2) is 0 Å². The summed E-state index contributed by atoms with van der Waals surface area (Å²) in [7, 11) is 0. The number of carbonyl (C=O) groups excluding carboxylic acids is 2. The highest BCUT2D eigenvalue weighted by Gasteiger charge is 2.56. The Bertz CT molecular complexity index is 667. The Kier molecular flexibility index (Phi) is 4.07. The molecule has 1 atom stereocenters. The number of thiazole rings is 1. The molecule has 1 aromatic rings. The maximum absolute atomic E-state index is 13.6. The van der Waals surface area contributed by atoms with E-state index in [1.54, 1.807) is 17.5 Å². The fourth-order valence-corrected chi connectivity index (χ4v) is 7.14. The summed E-state index contributed by atoms with van der Waals surface area (Å²) in [6.07, 6.45) is 10.7. The largest absolute Gasteiger partial charge is 0.348 e. The number of rotatable bonds is 4. The summed E-state index contributed by atoms with van der Waals surface area (Å²) in [5.41, 5.74) is -0.146. The Morgan fingerprint density at radius 1 is 1.19 bits per heavy atom. The molecule has 0 spiro atoms. The van der Waals surface area contributed by atoms with E-state index >= 15 is 0 Å². The molecule has 2 heterocycles. The van der Waals surface area contributed by atoms with Crippen LogP contribution in [0.3, 0.4) is 0 Å². The van der Waals surface area contributed by atoms with Crippen molar-refractivity contribution in [3.8, 4) is 0 Å². The van der Waals surface area contributed by atoms with Crippen LogP contribution in [-0.4, -0.2) is 34.3 Å². The lowest BCUT2D eigenvalue weighted by Crippen LogP contribution is -2.57. The normalized spacial score (nSPS) is 37.9. The molecule has 6 rings (SSSR count). The second kappa shape index (κ2) is 6.32. The van der Waals surface area contributed by atoms with Gasteiger partial charge in [0, 0.05) is 18.1 Å². The molecular formula is C20H27N3O2S. The summed E-state index contributed by atoms with van der Waals surface area (Å²) in [6.45, 7) is 1.21. The standard InChI is InChI=1S/C20H27N3O2S/c24-18(22-12-17-21-3-5-26-17)16-2-1-4-23(16)19(25)20-9-13-6-14(10-20)8-15(7-13)11-20/h3,5,13-16H,1-2,4,6-12H2,(H,22,24). The van der Waals surface area contributed by atoms with Crippen molar-refractivity contribution in [1.82, 2.24) is 15.2 Å². The minimum Gasteiger partial charge on any atom is -0.348 e. The Labute approximate surface area is 158 Å². The van der Waals surface area contributed by atoms with E-state index in [2.05, 4.69) is 10.3 Å². The second-order valence-corrected chi connectivity index (χ2v) is 9.98. The first-order valence-corrected chi connectivity index (χ1v) is 11.0. The third kappa shape index (κ3) is 2.77. The molecule has 1 aliphatic heterocycles. The molecule has 5 fully saturated rings. The molecule has 1 N–H and O–H groups in total. The summed E-state index contributed by atoms with van der Waals surface area (Å²) in [6, 6.07) is -0.282. The maximum Gasteiger partial charge on any atom is 0.243 e. The SMILES string of the molecule is O=C(NCc1nccs1)C1CCCN1C(=O)C12CC3CC(CC(C3)C1)C2. The third-order valence-corrected chi connectivity index (χ3v) is 7.99. The van der Waals surface area contributed by atoms with Crippen molar-refractivity contribution in [2.24, 2.45) is 23.2 Å². The molecule has 5 nitrogen and oxygen atoms in total. The quantitative estimate of drug-likeness (QED) is 0.883. The Balaban J connectivity index is 1.29. The van der Waals surface area contributed by atoms with E-state index in [4.69, 9.17) is 0 Å². The van der Waals surface area contributed by atoms with Gasteiger partial charge in [-0.2, -0.15) is 0 Å². The van der Waals surface area contributed by atoms with Gasteiger partial charge in [0.05, 0.1) is 12.0 Å². The van der Waals surface area contributed by atoms with Crippen molar-refractivity contribution >= 4 is 23.2 Å². The van der Waals surface area contributed by atoms with E-state index in [1.807, 2.05) is 10.3 Å². The molecule has 5 aliphatic rings. The van der Waals surface area contributed by atoms with E-state index in [0.717, 1.165) is 61.4 Å². The van der Waals surface area contributed by atoms with Gasteiger partial charge in [-0.05, 0) is 69.1 Å². The average molecular weight is 374 g/mol. The first-order valence-electron chi connectivity index (χ1n) is 10.1. The number of amides is 2. The predicted octanol–water partition coefficient (Wildman–Crippen LogP) is 2.97. The van der Waals surface area contributed by atoms with Crippen LogP contribution < -0.4 is 5.32 Å². The number of likely N-dealkylation sites (tertiary alicyclic amines) is 1. The molecular weight excluding hydrogens is 346 g/mol. The average Bonchev–Trinajstić information content (AvgIpc) is 3.29. The molecule has 1 aromatic heterocycles. The first kappa shape index (κ1) is 16.7. The van der Waals surface area contributed by atoms with E-state index in [1.165, 1.54) is 19.3 Å². The molecule has 0 radical (unpaired) electrons. The molecule has 2 amide bonds. The van der Waals surface area contributed by atoms with Crippen molar-refractivity contribution in [2.75, 3.05) is 6.54 Å². The van der Waals surface area contributed by atoms with E-state index in [-0.39, 0.29) is 17.4 Å². The van der Waals surface area contributed by atoms with Gasteiger partial charge in [0.25, 0.3) is 0 Å². The van der Waals surface area contributed by atoms with Crippen LogP contribution in [0.4, 0.5) is 0 Å². The van der Waals surface area contributed by atoms with Crippen molar-refractivity contribution in [1.29, 1.82) is 0 Å². The van der Waals surface area contributed by atoms with Crippen LogP contribution in [0.1, 0.15) is 56.4 Å². The summed E-state index contributed by atoms with van der Waals surface area (Å²) >= 11 is 1.55. The number of aromatic nitrogens is 1. The highest BCUT2D eigenvalue weighted by molar-refractivity contribution is 7.09. The second-order valence-electron chi connectivity index (χ2n) is 9.00. The Morgan fingerprint density at radius 2 is 1.88 bits per heavy atom. The zero-order valence-corrected chi connectivity index (χ0v) is 16.0. The van der Waals surface area contributed by atoms with Crippen molar-refractivity contribution in [3.05, 3.63) is 16.6 Å². The van der Waals surface area contributed by atoms with Gasteiger partial charge in [-0.15, -0.1) is 11.3 Å². The molecule has 1 unspecified atom stereocenters. The van der Waals surface area contributed by atoms with Crippen molar-refractivity contribution in [2.45, 2.75) is 64.0 Å². The molecule has 4 bridgehead atoms. The van der Waals surface area contributed by atoms with Gasteiger partial charge in [0.2, 0.25) is 11.8 Å². The number of nitrogens with one attached hydrogen (secondary N) is 1. The zero-order chi connectivity index (χ0) is 17.7. The van der Waals surface area contributed by atoms with Crippen LogP contribution in [0.25, 0.3) is 0 Å². The number of hydrogen-bond donors (Lipinski definition) is 1. The number of carbonyl (C=O) groups is 2. The van der Waals surface area contributed by atoms with Gasteiger partial charge in [-0.1, -0.05) is 0 Å². The van der Waals surface area contributed by atoms with Crippen LogP contribution in [0.2, 0.25) is 0 Å². The van der Waals surface area contributed by atoms with Crippen LogP contribution in [-0.2, 0) is 16.1 Å². The van der Waals surface area contributed by atoms with Gasteiger partial charge in [-0.25, -0.2) is 4.98 Å². The highest BCUT2D eigenvalue weighted by atomic mass is 32.1. The van der Waals surface area contributed by atoms with Gasteiger partial charge < -0.3 is 10.2 Å². The van der Waals surface area contributed by atoms with Crippen molar-refractivity contribution in [3.63, 3.8) is 0 Å². The fraction of sp³-hybridized carbons (Fsp3) is 0.750. The first-order chi connectivity index (χ1) is 12.6. The van der Waals surface area contributed by atoms with Gasteiger partial charge >= 0.3 is 0 Å². The number of hydrogen-bond acceptors (Lipinski definition) is 4. The van der Waals surface area contributed by atoms with E-state index < -0.39 is 0 Å². The minimum absolute atomic E-state index is 0.00391. The minimum atomic E-state index is -0.282. The molecule has 1 saturated heterocycles. The summed E-state index contributed by atoms with van der Waals surface area (Å²) in [5, 5.41) is 5.83. The van der Waals surface area contributed by atoms with Crippen molar-refractivity contribution < 1.29 is 9.59 Å². The molecule has 6 heteroatoms. The molecule has 140 valence electrons. The lowest BCUT2D eigenvalue weighted by Gasteiger charge is -2.56. The monoisotopic (exact) mass is 373 g/mol. The maximum atomic E-state index is 13.6. The zero-order valence-electron chi connectivity index (χ0n) is 15.2. The molecule has 4 saturated carbocycles. The molecule has 26 heavy (non-hydrogen) atoms. The lowest BCUT2D eigenvalue weighted by atomic mass is 9.49. The molecule has 0 aromatic carbocycles. The van der Waals surface area contributed by atoms with Crippen LogP contribution in [0, 0.1) is 23.2 Å². The molecule has 4 aliphatic carbocycles. The highest BCUT2D eigenvalue weighted by Crippen LogP contribution is 2.60. The fourth-order valence-electron chi connectivity index (χ4n) is 6.58. The Hall–Kier alpha value is -1.43. The number of nitrogens with zero attached hydrogens (tertiary/aromatic N) is 2. The topological polar surface area (TPSA) is 62.3 Å². The van der Waals surface area contributed by atoms with E-state index in [9.17, 15) is 9.59 Å². The third-order valence-electron chi connectivity index (χ3n) is 7.21. The van der Waals surface area contributed by atoms with Crippen LogP contribution in [0.5, 0.6) is 0 Å². The smallest absolute Gasteiger partial charge is 0.243 e. The summed E-state index contributed by atoms with van der Waals surface area (Å²) in [4.78, 5) is 32.5. The van der Waals surface area contributed by atoms with Gasteiger partial charge in [0.1, 0.15) is 11.0 Å². The van der Waals surface area contributed by atoms with Crippen LogP contribution >= 0.6 is 11.3 Å². The summed E-state index contributed by atoms with van der Waals surface area (Å²) in [5.74, 6) is 2.55. The lowest BCUT2D eigenvalue weighted by molar-refractivity contribution is -0.160. The van der Waals surface area contributed by atoms with E-state index in [0.29, 0.717) is 12.5 Å². The predicted molar refractivity (Wildman–Crippen MR) is 99.3 cm³/mol. The Morgan fingerprint density at radius 3 is 2.50 bits per heavy atom.